The molecule has 0 radical (unpaired) electrons. The Morgan fingerprint density at radius 3 is 2.62 bits per heavy atom. The van der Waals surface area contributed by atoms with Gasteiger partial charge in [0.15, 0.2) is 0 Å². The molecule has 1 fully saturated rings. The molecule has 2 aromatic carbocycles. The van der Waals surface area contributed by atoms with Crippen LogP contribution in [0.15, 0.2) is 54.9 Å². The molecule has 1 heterocycles. The molecule has 0 amide bonds. The molecule has 21 heavy (non-hydrogen) atoms. The molecule has 0 bridgehead atoms. The van der Waals surface area contributed by atoms with Crippen LogP contribution in [0.4, 0.5) is 5.69 Å². The topological polar surface area (TPSA) is 37.8 Å². The molecule has 1 saturated carbocycles. The Hall–Kier alpha value is -2.42. The Kier molecular flexibility index (Phi) is 3.03. The fraction of sp³-hybridized carbons (Fsp3) is 0.222. The van der Waals surface area contributed by atoms with Crippen molar-refractivity contribution in [2.45, 2.75) is 25.3 Å². The third kappa shape index (κ3) is 2.59. The number of benzene rings is 2. The Bertz CT molecular complexity index is 778. The average Bonchev–Trinajstić information content (AvgIpc) is 3.38. The highest BCUT2D eigenvalue weighted by Gasteiger charge is 2.25. The summed E-state index contributed by atoms with van der Waals surface area (Å²) >= 11 is 0. The van der Waals surface area contributed by atoms with Gasteiger partial charge in [-0.05, 0) is 48.1 Å². The van der Waals surface area contributed by atoms with Crippen LogP contribution in [0.3, 0.4) is 0 Å². The molecule has 4 rings (SSSR count). The lowest BCUT2D eigenvalue weighted by atomic mass is 10.0. The predicted octanol–water partition coefficient (Wildman–Crippen LogP) is 4.12. The number of nitrogens with one attached hydrogen (secondary N) is 1. The highest BCUT2D eigenvalue weighted by Crippen LogP contribution is 2.41. The Labute approximate surface area is 124 Å². The van der Waals surface area contributed by atoms with Crippen molar-refractivity contribution in [1.82, 2.24) is 9.97 Å². The molecule has 1 N–H and O–H groups in total. The number of fused-ring (bicyclic) bond motifs is 1. The van der Waals surface area contributed by atoms with Gasteiger partial charge in [-0.2, -0.15) is 0 Å². The summed E-state index contributed by atoms with van der Waals surface area (Å²) in [4.78, 5) is 8.65. The molecule has 1 aromatic heterocycles. The number of nitrogens with zero attached hydrogens (tertiary/aromatic N) is 2. The van der Waals surface area contributed by atoms with E-state index in [4.69, 9.17) is 0 Å². The van der Waals surface area contributed by atoms with E-state index in [1.54, 1.807) is 12.4 Å². The van der Waals surface area contributed by atoms with Gasteiger partial charge in [-0.1, -0.05) is 24.3 Å². The molecule has 0 atom stereocenters. The van der Waals surface area contributed by atoms with Gasteiger partial charge in [-0.25, -0.2) is 0 Å². The minimum Gasteiger partial charge on any atom is -0.381 e. The Balaban J connectivity index is 1.55. The molecule has 0 aliphatic heterocycles. The van der Waals surface area contributed by atoms with E-state index in [1.165, 1.54) is 24.0 Å². The Morgan fingerprint density at radius 1 is 0.952 bits per heavy atom. The van der Waals surface area contributed by atoms with Crippen molar-refractivity contribution in [3.63, 3.8) is 0 Å². The first-order chi connectivity index (χ1) is 10.4. The van der Waals surface area contributed by atoms with Crippen LogP contribution in [-0.4, -0.2) is 9.97 Å². The van der Waals surface area contributed by atoms with Crippen LogP contribution in [0, 0.1) is 0 Å². The quantitative estimate of drug-likeness (QED) is 0.778. The standard InChI is InChI=1S/C18H17N3/c1-2-4-16(13-5-6-13)14(3-1)12-21-15-7-8-17-18(11-15)20-10-9-19-17/h1-4,7-11,13,21H,5-6,12H2. The summed E-state index contributed by atoms with van der Waals surface area (Å²) in [6.07, 6.45) is 6.13. The molecule has 1 aliphatic carbocycles. The fourth-order valence-corrected chi connectivity index (χ4v) is 2.76. The van der Waals surface area contributed by atoms with Gasteiger partial charge in [0.25, 0.3) is 0 Å². The third-order valence-electron chi connectivity index (χ3n) is 4.02. The predicted molar refractivity (Wildman–Crippen MR) is 85.3 cm³/mol. The third-order valence-corrected chi connectivity index (χ3v) is 4.02. The molecule has 0 spiro atoms. The maximum Gasteiger partial charge on any atom is 0.0907 e. The van der Waals surface area contributed by atoms with Crippen molar-refractivity contribution in [3.05, 3.63) is 66.0 Å². The highest BCUT2D eigenvalue weighted by atomic mass is 14.9. The van der Waals surface area contributed by atoms with Gasteiger partial charge in [0.2, 0.25) is 0 Å². The second-order valence-electron chi connectivity index (χ2n) is 5.59. The molecule has 3 aromatic rings. The van der Waals surface area contributed by atoms with Crippen LogP contribution < -0.4 is 5.32 Å². The van der Waals surface area contributed by atoms with Crippen LogP contribution in [0.2, 0.25) is 0 Å². The summed E-state index contributed by atoms with van der Waals surface area (Å²) in [6.45, 7) is 0.860. The molecule has 3 nitrogen and oxygen atoms in total. The molecule has 1 aliphatic rings. The largest absolute Gasteiger partial charge is 0.381 e. The lowest BCUT2D eigenvalue weighted by Crippen LogP contribution is -2.02. The lowest BCUT2D eigenvalue weighted by molar-refractivity contribution is 1.04. The van der Waals surface area contributed by atoms with Crippen molar-refractivity contribution >= 4 is 16.7 Å². The molecular weight excluding hydrogens is 258 g/mol. The van der Waals surface area contributed by atoms with E-state index < -0.39 is 0 Å². The highest BCUT2D eigenvalue weighted by molar-refractivity contribution is 5.78. The first kappa shape index (κ1) is 12.3. The van der Waals surface area contributed by atoms with Crippen molar-refractivity contribution < 1.29 is 0 Å². The second kappa shape index (κ2) is 5.17. The summed E-state index contributed by atoms with van der Waals surface area (Å²) in [5.41, 5.74) is 5.86. The average molecular weight is 275 g/mol. The van der Waals surface area contributed by atoms with E-state index in [0.717, 1.165) is 29.2 Å². The zero-order chi connectivity index (χ0) is 14.1. The number of hydrogen-bond donors (Lipinski definition) is 1. The van der Waals surface area contributed by atoms with Gasteiger partial charge in [-0.15, -0.1) is 0 Å². The summed E-state index contributed by atoms with van der Waals surface area (Å²) in [5.74, 6) is 0.783. The van der Waals surface area contributed by atoms with Gasteiger partial charge in [0, 0.05) is 24.6 Å². The zero-order valence-electron chi connectivity index (χ0n) is 11.8. The maximum absolute atomic E-state index is 4.35. The molecule has 3 heteroatoms. The van der Waals surface area contributed by atoms with Crippen LogP contribution in [-0.2, 0) is 6.54 Å². The minimum atomic E-state index is 0.783. The normalized spacial score (nSPS) is 14.3. The number of hydrogen-bond acceptors (Lipinski definition) is 3. The first-order valence-corrected chi connectivity index (χ1v) is 7.42. The summed E-state index contributed by atoms with van der Waals surface area (Å²) in [6, 6.07) is 14.9. The van der Waals surface area contributed by atoms with E-state index >= 15 is 0 Å². The van der Waals surface area contributed by atoms with E-state index in [9.17, 15) is 0 Å². The van der Waals surface area contributed by atoms with Crippen molar-refractivity contribution in [2.75, 3.05) is 5.32 Å². The number of rotatable bonds is 4. The van der Waals surface area contributed by atoms with Gasteiger partial charge in [0.1, 0.15) is 0 Å². The van der Waals surface area contributed by atoms with E-state index in [1.807, 2.05) is 6.07 Å². The maximum atomic E-state index is 4.35. The van der Waals surface area contributed by atoms with Gasteiger partial charge in [0.05, 0.1) is 11.0 Å². The zero-order valence-corrected chi connectivity index (χ0v) is 11.8. The molecule has 104 valence electrons. The van der Waals surface area contributed by atoms with Crippen LogP contribution in [0.1, 0.15) is 29.9 Å². The molecule has 0 saturated heterocycles. The van der Waals surface area contributed by atoms with Crippen molar-refractivity contribution in [1.29, 1.82) is 0 Å². The van der Waals surface area contributed by atoms with Crippen LogP contribution in [0.25, 0.3) is 11.0 Å². The van der Waals surface area contributed by atoms with Gasteiger partial charge < -0.3 is 5.32 Å². The second-order valence-corrected chi connectivity index (χ2v) is 5.59. The van der Waals surface area contributed by atoms with Crippen molar-refractivity contribution in [3.8, 4) is 0 Å². The smallest absolute Gasteiger partial charge is 0.0907 e. The molecule has 0 unspecified atom stereocenters. The monoisotopic (exact) mass is 275 g/mol. The summed E-state index contributed by atoms with van der Waals surface area (Å²) in [5, 5.41) is 3.51. The molecular formula is C18H17N3. The van der Waals surface area contributed by atoms with E-state index in [2.05, 4.69) is 51.7 Å². The van der Waals surface area contributed by atoms with Crippen LogP contribution in [0.5, 0.6) is 0 Å². The first-order valence-electron chi connectivity index (χ1n) is 7.42. The minimum absolute atomic E-state index is 0.783. The Morgan fingerprint density at radius 2 is 1.76 bits per heavy atom. The van der Waals surface area contributed by atoms with E-state index in [-0.39, 0.29) is 0 Å². The SMILES string of the molecule is c1ccc(C2CC2)c(CNc2ccc3nccnc3c2)c1. The number of anilines is 1. The van der Waals surface area contributed by atoms with Gasteiger partial charge >= 0.3 is 0 Å². The summed E-state index contributed by atoms with van der Waals surface area (Å²) < 4.78 is 0. The summed E-state index contributed by atoms with van der Waals surface area (Å²) in [7, 11) is 0. The lowest BCUT2D eigenvalue weighted by Gasteiger charge is -2.11. The van der Waals surface area contributed by atoms with Gasteiger partial charge in [-0.3, -0.25) is 9.97 Å². The van der Waals surface area contributed by atoms with E-state index in [0.29, 0.717) is 0 Å². The van der Waals surface area contributed by atoms with Crippen molar-refractivity contribution in [2.24, 2.45) is 0 Å². The van der Waals surface area contributed by atoms with Crippen LogP contribution >= 0.6 is 0 Å². The number of aromatic nitrogens is 2. The fourth-order valence-electron chi connectivity index (χ4n) is 2.76.